The molecule has 0 aliphatic carbocycles. The average Bonchev–Trinajstić information content (AvgIpc) is 2.39. The van der Waals surface area contributed by atoms with Crippen molar-refractivity contribution in [3.63, 3.8) is 0 Å². The highest BCUT2D eigenvalue weighted by Crippen LogP contribution is 2.18. The summed E-state index contributed by atoms with van der Waals surface area (Å²) in [4.78, 5) is 0.335. The largest absolute Gasteiger partial charge is 0.243 e. The highest BCUT2D eigenvalue weighted by Gasteiger charge is 2.24. The highest BCUT2D eigenvalue weighted by atomic mass is 35.5. The molecule has 0 radical (unpaired) electrons. The molecule has 3 nitrogen and oxygen atoms in total. The first-order valence-electron chi connectivity index (χ1n) is 6.05. The third-order valence-corrected chi connectivity index (χ3v) is 6.00. The van der Waals surface area contributed by atoms with Crippen LogP contribution in [0.2, 0.25) is 0 Å². The number of hydrogen-bond donors (Lipinski definition) is 0. The van der Waals surface area contributed by atoms with Crippen LogP contribution in [-0.2, 0) is 16.4 Å². The Morgan fingerprint density at radius 1 is 1.32 bits per heavy atom. The molecule has 1 aromatic rings. The van der Waals surface area contributed by atoms with Gasteiger partial charge >= 0.3 is 0 Å². The van der Waals surface area contributed by atoms with Crippen LogP contribution in [0.3, 0.4) is 0 Å². The molecule has 1 unspecified atom stereocenters. The Kier molecular flexibility index (Phi) is 6.66. The third kappa shape index (κ3) is 4.38. The molecule has 0 heterocycles. The van der Waals surface area contributed by atoms with Gasteiger partial charge in [-0.05, 0) is 37.3 Å². The summed E-state index contributed by atoms with van der Waals surface area (Å²) in [7, 11) is -1.78. The van der Waals surface area contributed by atoms with Crippen molar-refractivity contribution in [2.45, 2.75) is 24.3 Å². The first kappa shape index (κ1) is 16.8. The summed E-state index contributed by atoms with van der Waals surface area (Å²) in [6, 6.07) is 6.92. The Morgan fingerprint density at radius 3 is 2.37 bits per heavy atom. The van der Waals surface area contributed by atoms with Crippen LogP contribution < -0.4 is 0 Å². The Balaban J connectivity index is 2.93. The number of aryl methyl sites for hydroxylation is 1. The van der Waals surface area contributed by atoms with Gasteiger partial charge in [-0.2, -0.15) is 16.1 Å². The summed E-state index contributed by atoms with van der Waals surface area (Å²) >= 11 is 7.30. The summed E-state index contributed by atoms with van der Waals surface area (Å²) in [5.74, 6) is 1.32. The van der Waals surface area contributed by atoms with Gasteiger partial charge in [0.1, 0.15) is 0 Å². The minimum Gasteiger partial charge on any atom is -0.207 e. The molecule has 0 aromatic heterocycles. The van der Waals surface area contributed by atoms with Gasteiger partial charge in [0.2, 0.25) is 10.0 Å². The number of halogens is 1. The number of nitrogens with zero attached hydrogens (tertiary/aromatic N) is 1. The lowest BCUT2D eigenvalue weighted by Gasteiger charge is -2.23. The molecule has 1 rings (SSSR count). The second-order valence-electron chi connectivity index (χ2n) is 4.41. The van der Waals surface area contributed by atoms with E-state index in [1.807, 2.05) is 25.3 Å². The Labute approximate surface area is 125 Å². The number of sulfonamides is 1. The molecule has 0 saturated carbocycles. The van der Waals surface area contributed by atoms with Gasteiger partial charge in [0.05, 0.1) is 4.90 Å². The molecule has 108 valence electrons. The molecule has 0 spiro atoms. The van der Waals surface area contributed by atoms with Crippen LogP contribution in [0, 0.1) is 0 Å². The maximum absolute atomic E-state index is 12.4. The minimum atomic E-state index is -3.41. The van der Waals surface area contributed by atoms with E-state index in [0.29, 0.717) is 10.8 Å². The van der Waals surface area contributed by atoms with Crippen LogP contribution in [-0.4, -0.2) is 43.7 Å². The van der Waals surface area contributed by atoms with Crippen molar-refractivity contribution in [1.29, 1.82) is 0 Å². The lowest BCUT2D eigenvalue weighted by Crippen LogP contribution is -2.36. The molecule has 19 heavy (non-hydrogen) atoms. The SMILES string of the molecule is CSCC(C)N(C)S(=O)(=O)c1ccc(CCCl)cc1. The summed E-state index contributed by atoms with van der Waals surface area (Å²) in [5, 5.41) is 0. The van der Waals surface area contributed by atoms with Crippen molar-refractivity contribution in [3.05, 3.63) is 29.8 Å². The van der Waals surface area contributed by atoms with E-state index in [4.69, 9.17) is 11.6 Å². The molecule has 0 aliphatic rings. The third-order valence-electron chi connectivity index (χ3n) is 3.01. The number of thioether (sulfide) groups is 1. The number of hydrogen-bond acceptors (Lipinski definition) is 3. The monoisotopic (exact) mass is 321 g/mol. The van der Waals surface area contributed by atoms with E-state index in [9.17, 15) is 8.42 Å². The first-order chi connectivity index (χ1) is 8.93. The minimum absolute atomic E-state index is 0.0254. The van der Waals surface area contributed by atoms with E-state index >= 15 is 0 Å². The van der Waals surface area contributed by atoms with E-state index < -0.39 is 10.0 Å². The molecule has 0 saturated heterocycles. The molecule has 1 atom stereocenters. The normalized spacial score (nSPS) is 13.7. The summed E-state index contributed by atoms with van der Waals surface area (Å²) in [5.41, 5.74) is 1.05. The van der Waals surface area contributed by atoms with Crippen molar-refractivity contribution in [2.24, 2.45) is 0 Å². The fourth-order valence-corrected chi connectivity index (χ4v) is 4.07. The number of alkyl halides is 1. The number of rotatable bonds is 7. The summed E-state index contributed by atoms with van der Waals surface area (Å²) < 4.78 is 26.2. The van der Waals surface area contributed by atoms with Gasteiger partial charge in [0.25, 0.3) is 0 Å². The maximum Gasteiger partial charge on any atom is 0.243 e. The van der Waals surface area contributed by atoms with Crippen LogP contribution in [0.5, 0.6) is 0 Å². The van der Waals surface area contributed by atoms with Crippen LogP contribution in [0.1, 0.15) is 12.5 Å². The standard InChI is InChI=1S/C13H20ClNO2S2/c1-11(10-18-3)15(2)19(16,17)13-6-4-12(5-7-13)8-9-14/h4-7,11H,8-10H2,1-3H3. The van der Waals surface area contributed by atoms with Crippen molar-refractivity contribution >= 4 is 33.4 Å². The first-order valence-corrected chi connectivity index (χ1v) is 9.42. The average molecular weight is 322 g/mol. The Hall–Kier alpha value is -0.230. The molecule has 0 N–H and O–H groups in total. The number of benzene rings is 1. The van der Waals surface area contributed by atoms with E-state index in [2.05, 4.69) is 0 Å². The van der Waals surface area contributed by atoms with Crippen LogP contribution in [0.4, 0.5) is 0 Å². The summed E-state index contributed by atoms with van der Waals surface area (Å²) in [6.45, 7) is 1.91. The predicted molar refractivity (Wildman–Crippen MR) is 83.7 cm³/mol. The lowest BCUT2D eigenvalue weighted by molar-refractivity contribution is 0.415. The summed E-state index contributed by atoms with van der Waals surface area (Å²) in [6.07, 6.45) is 2.72. The van der Waals surface area contributed by atoms with Gasteiger partial charge in [-0.25, -0.2) is 8.42 Å². The second kappa shape index (κ2) is 7.53. The van der Waals surface area contributed by atoms with Crippen LogP contribution in [0.15, 0.2) is 29.2 Å². The Bertz CT molecular complexity index is 488. The van der Waals surface area contributed by atoms with E-state index in [-0.39, 0.29) is 6.04 Å². The molecular weight excluding hydrogens is 302 g/mol. The van der Waals surface area contributed by atoms with Crippen molar-refractivity contribution < 1.29 is 8.42 Å². The van der Waals surface area contributed by atoms with Gasteiger partial charge in [0, 0.05) is 24.7 Å². The van der Waals surface area contributed by atoms with Gasteiger partial charge in [-0.3, -0.25) is 0 Å². The van der Waals surface area contributed by atoms with Gasteiger partial charge in [-0.15, -0.1) is 11.6 Å². The van der Waals surface area contributed by atoms with Gasteiger partial charge < -0.3 is 0 Å². The zero-order chi connectivity index (χ0) is 14.5. The smallest absolute Gasteiger partial charge is 0.207 e. The maximum atomic E-state index is 12.4. The van der Waals surface area contributed by atoms with E-state index in [1.165, 1.54) is 4.31 Å². The predicted octanol–water partition coefficient (Wildman–Crippen LogP) is 2.84. The molecule has 0 bridgehead atoms. The van der Waals surface area contributed by atoms with Crippen LogP contribution >= 0.6 is 23.4 Å². The molecule has 0 amide bonds. The van der Waals surface area contributed by atoms with Gasteiger partial charge in [0.15, 0.2) is 0 Å². The zero-order valence-electron chi connectivity index (χ0n) is 11.5. The Morgan fingerprint density at radius 2 is 1.89 bits per heavy atom. The molecule has 1 aromatic carbocycles. The fourth-order valence-electron chi connectivity index (χ4n) is 1.69. The van der Waals surface area contributed by atoms with Crippen LogP contribution in [0.25, 0.3) is 0 Å². The zero-order valence-corrected chi connectivity index (χ0v) is 13.9. The van der Waals surface area contributed by atoms with Crippen molar-refractivity contribution in [1.82, 2.24) is 4.31 Å². The molecule has 0 fully saturated rings. The quantitative estimate of drug-likeness (QED) is 0.725. The topological polar surface area (TPSA) is 37.4 Å². The molecule has 0 aliphatic heterocycles. The van der Waals surface area contributed by atoms with E-state index in [1.54, 1.807) is 30.9 Å². The van der Waals surface area contributed by atoms with E-state index in [0.717, 1.165) is 17.7 Å². The molecule has 6 heteroatoms. The van der Waals surface area contributed by atoms with Gasteiger partial charge in [-0.1, -0.05) is 12.1 Å². The second-order valence-corrected chi connectivity index (χ2v) is 7.69. The fraction of sp³-hybridized carbons (Fsp3) is 0.538. The highest BCUT2D eigenvalue weighted by molar-refractivity contribution is 7.98. The lowest BCUT2D eigenvalue weighted by atomic mass is 10.2. The molecular formula is C13H20ClNO2S2. The van der Waals surface area contributed by atoms with Crippen molar-refractivity contribution in [3.8, 4) is 0 Å². The van der Waals surface area contributed by atoms with Crippen molar-refractivity contribution in [2.75, 3.05) is 24.9 Å².